The molecule has 0 radical (unpaired) electrons. The van der Waals surface area contributed by atoms with Gasteiger partial charge in [0.1, 0.15) is 6.61 Å². The number of aromatic nitrogens is 2. The molecule has 0 fully saturated rings. The van der Waals surface area contributed by atoms with Gasteiger partial charge in [-0.05, 0) is 36.8 Å². The smallest absolute Gasteiger partial charge is 0.343 e. The lowest BCUT2D eigenvalue weighted by Crippen LogP contribution is -2.44. The van der Waals surface area contributed by atoms with Crippen LogP contribution in [0.2, 0.25) is 0 Å². The molecule has 0 bridgehead atoms. The largest absolute Gasteiger partial charge is 0.458 e. The van der Waals surface area contributed by atoms with Crippen molar-refractivity contribution in [3.63, 3.8) is 0 Å². The van der Waals surface area contributed by atoms with Crippen molar-refractivity contribution >= 4 is 22.6 Å². The van der Waals surface area contributed by atoms with Crippen LogP contribution in [0, 0.1) is 0 Å². The molecule has 5 rings (SSSR count). The summed E-state index contributed by atoms with van der Waals surface area (Å²) in [6.07, 6.45) is 0.124. The van der Waals surface area contributed by atoms with Gasteiger partial charge >= 0.3 is 5.97 Å². The zero-order chi connectivity index (χ0) is 18.9. The van der Waals surface area contributed by atoms with Gasteiger partial charge in [-0.1, -0.05) is 6.92 Å². The lowest BCUT2D eigenvalue weighted by molar-refractivity contribution is -0.172. The van der Waals surface area contributed by atoms with Crippen molar-refractivity contribution < 1.29 is 14.6 Å². The van der Waals surface area contributed by atoms with Crippen LogP contribution in [0.1, 0.15) is 30.0 Å². The van der Waals surface area contributed by atoms with Crippen LogP contribution in [0.3, 0.4) is 0 Å². The Bertz CT molecular complexity index is 1210. The third kappa shape index (κ3) is 2.03. The van der Waals surface area contributed by atoms with Crippen LogP contribution in [0.25, 0.3) is 22.3 Å². The first-order valence-corrected chi connectivity index (χ1v) is 8.78. The summed E-state index contributed by atoms with van der Waals surface area (Å²) in [5, 5.41) is 11.8. The predicted molar refractivity (Wildman–Crippen MR) is 98.9 cm³/mol. The Morgan fingerprint density at radius 3 is 2.89 bits per heavy atom. The first-order valence-electron chi connectivity index (χ1n) is 8.78. The van der Waals surface area contributed by atoms with E-state index in [0.717, 1.165) is 16.5 Å². The SMILES string of the molecule is CC[C@@]1(O)C(=O)OCc2c1cc1n(c2=O)Cc2cc3cc(N)ccc3nc2-1. The number of hydrogen-bond donors (Lipinski definition) is 2. The molecule has 0 amide bonds. The number of nitrogens with zero attached hydrogens (tertiary/aromatic N) is 2. The molecule has 7 heteroatoms. The van der Waals surface area contributed by atoms with Gasteiger partial charge in [0.15, 0.2) is 5.60 Å². The van der Waals surface area contributed by atoms with Gasteiger partial charge in [0, 0.05) is 22.2 Å². The highest BCUT2D eigenvalue weighted by Gasteiger charge is 2.45. The zero-order valence-corrected chi connectivity index (χ0v) is 14.7. The van der Waals surface area contributed by atoms with Crippen molar-refractivity contribution in [3.05, 3.63) is 57.4 Å². The maximum atomic E-state index is 13.0. The van der Waals surface area contributed by atoms with E-state index in [0.29, 0.717) is 34.7 Å². The van der Waals surface area contributed by atoms with Crippen LogP contribution in [0.5, 0.6) is 0 Å². The number of nitrogen functional groups attached to an aromatic ring is 1. The molecule has 0 saturated carbocycles. The maximum Gasteiger partial charge on any atom is 0.343 e. The lowest BCUT2D eigenvalue weighted by atomic mass is 9.86. The molecule has 27 heavy (non-hydrogen) atoms. The third-order valence-corrected chi connectivity index (χ3v) is 5.53. The molecular formula is C20H17N3O4. The van der Waals surface area contributed by atoms with Crippen molar-refractivity contribution in [2.45, 2.75) is 32.1 Å². The molecule has 0 spiro atoms. The average molecular weight is 363 g/mol. The highest BCUT2D eigenvalue weighted by molar-refractivity contribution is 5.87. The van der Waals surface area contributed by atoms with Crippen LogP contribution >= 0.6 is 0 Å². The number of carbonyl (C=O) groups is 1. The molecule has 7 nitrogen and oxygen atoms in total. The van der Waals surface area contributed by atoms with E-state index in [4.69, 9.17) is 15.5 Å². The van der Waals surface area contributed by atoms with Crippen LogP contribution in [0.15, 0.2) is 35.1 Å². The first-order chi connectivity index (χ1) is 12.9. The quantitative estimate of drug-likeness (QED) is 0.393. The van der Waals surface area contributed by atoms with Gasteiger partial charge < -0.3 is 20.1 Å². The Hall–Kier alpha value is -3.19. The number of benzene rings is 1. The summed E-state index contributed by atoms with van der Waals surface area (Å²) in [7, 11) is 0. The summed E-state index contributed by atoms with van der Waals surface area (Å²) in [6, 6.07) is 9.16. The van der Waals surface area contributed by atoms with E-state index in [-0.39, 0.29) is 18.6 Å². The van der Waals surface area contributed by atoms with Crippen molar-refractivity contribution in [1.29, 1.82) is 0 Å². The summed E-state index contributed by atoms with van der Waals surface area (Å²) in [5.41, 5.74) is 8.05. The molecule has 3 aromatic rings. The van der Waals surface area contributed by atoms with E-state index in [1.54, 1.807) is 23.6 Å². The number of cyclic esters (lactones) is 1. The first kappa shape index (κ1) is 16.0. The van der Waals surface area contributed by atoms with Crippen molar-refractivity contribution in [2.75, 3.05) is 5.73 Å². The highest BCUT2D eigenvalue weighted by atomic mass is 16.6. The van der Waals surface area contributed by atoms with E-state index >= 15 is 0 Å². The minimum absolute atomic E-state index is 0.124. The number of carbonyl (C=O) groups excluding carboxylic acids is 1. The molecule has 0 aliphatic carbocycles. The Morgan fingerprint density at radius 2 is 2.11 bits per heavy atom. The fourth-order valence-electron chi connectivity index (χ4n) is 4.00. The van der Waals surface area contributed by atoms with Gasteiger partial charge in [-0.15, -0.1) is 0 Å². The molecule has 2 aromatic heterocycles. The number of hydrogen-bond acceptors (Lipinski definition) is 6. The normalized spacial score (nSPS) is 20.1. The van der Waals surface area contributed by atoms with Crippen molar-refractivity contribution in [1.82, 2.24) is 9.55 Å². The highest BCUT2D eigenvalue weighted by Crippen LogP contribution is 2.38. The van der Waals surface area contributed by atoms with E-state index in [1.807, 2.05) is 18.2 Å². The topological polar surface area (TPSA) is 107 Å². The number of fused-ring (bicyclic) bond motifs is 5. The fourth-order valence-corrected chi connectivity index (χ4v) is 4.00. The molecule has 2 aliphatic heterocycles. The fraction of sp³-hybridized carbons (Fsp3) is 0.250. The van der Waals surface area contributed by atoms with Gasteiger partial charge in [-0.3, -0.25) is 4.79 Å². The van der Waals surface area contributed by atoms with E-state index in [1.165, 1.54) is 0 Å². The zero-order valence-electron chi connectivity index (χ0n) is 14.7. The van der Waals surface area contributed by atoms with Crippen LogP contribution in [-0.2, 0) is 28.3 Å². The lowest BCUT2D eigenvalue weighted by Gasteiger charge is -2.31. The molecule has 3 N–H and O–H groups in total. The Morgan fingerprint density at radius 1 is 1.30 bits per heavy atom. The summed E-state index contributed by atoms with van der Waals surface area (Å²) >= 11 is 0. The van der Waals surface area contributed by atoms with Crippen molar-refractivity contribution in [2.24, 2.45) is 0 Å². The van der Waals surface area contributed by atoms with Gasteiger partial charge in [-0.25, -0.2) is 9.78 Å². The number of esters is 1. The van der Waals surface area contributed by atoms with E-state index in [9.17, 15) is 14.7 Å². The molecule has 0 saturated heterocycles. The maximum absolute atomic E-state index is 13.0. The minimum atomic E-state index is -1.81. The molecule has 1 atom stereocenters. The minimum Gasteiger partial charge on any atom is -0.458 e. The summed E-state index contributed by atoms with van der Waals surface area (Å²) in [6.45, 7) is 1.94. The molecule has 2 aliphatic rings. The number of pyridine rings is 2. The second-order valence-corrected chi connectivity index (χ2v) is 7.05. The van der Waals surface area contributed by atoms with E-state index in [2.05, 4.69) is 0 Å². The number of ether oxygens (including phenoxy) is 1. The number of rotatable bonds is 1. The standard InChI is InChI=1S/C20H17N3O4/c1-2-20(26)14-7-16-17-11(5-10-6-12(21)3-4-15(10)22-17)8-23(16)18(24)13(14)9-27-19(20)25/h3-7,26H,2,8-9,21H2,1H3/t20-/m0/s1. The molecular weight excluding hydrogens is 346 g/mol. The Labute approximate surface area is 154 Å². The van der Waals surface area contributed by atoms with Crippen LogP contribution < -0.4 is 11.3 Å². The molecule has 0 unspecified atom stereocenters. The summed E-state index contributed by atoms with van der Waals surface area (Å²) < 4.78 is 6.69. The van der Waals surface area contributed by atoms with Gasteiger partial charge in [0.05, 0.1) is 29.0 Å². The van der Waals surface area contributed by atoms with Crippen molar-refractivity contribution in [3.8, 4) is 11.4 Å². The number of anilines is 1. The van der Waals surface area contributed by atoms with Gasteiger partial charge in [-0.2, -0.15) is 0 Å². The van der Waals surface area contributed by atoms with Crippen LogP contribution in [0.4, 0.5) is 5.69 Å². The predicted octanol–water partition coefficient (Wildman–Crippen LogP) is 1.66. The number of nitrogens with two attached hydrogens (primary N) is 1. The molecule has 4 heterocycles. The summed E-state index contributed by atoms with van der Waals surface area (Å²) in [4.78, 5) is 29.9. The second kappa shape index (κ2) is 5.17. The Balaban J connectivity index is 1.80. The monoisotopic (exact) mass is 363 g/mol. The summed E-state index contributed by atoms with van der Waals surface area (Å²) in [5.74, 6) is -0.720. The third-order valence-electron chi connectivity index (χ3n) is 5.53. The Kier molecular flexibility index (Phi) is 3.07. The molecule has 1 aromatic carbocycles. The number of aliphatic hydroxyl groups is 1. The average Bonchev–Trinajstić information content (AvgIpc) is 3.01. The molecule has 136 valence electrons. The van der Waals surface area contributed by atoms with Crippen LogP contribution in [-0.4, -0.2) is 20.6 Å². The second-order valence-electron chi connectivity index (χ2n) is 7.05. The van der Waals surface area contributed by atoms with E-state index < -0.39 is 11.6 Å². The van der Waals surface area contributed by atoms with Gasteiger partial charge in [0.2, 0.25) is 0 Å². The van der Waals surface area contributed by atoms with Gasteiger partial charge in [0.25, 0.3) is 5.56 Å².